The first-order valence-electron chi connectivity index (χ1n) is 6.42. The molecule has 5 heteroatoms. The second-order valence-electron chi connectivity index (χ2n) is 4.78. The van der Waals surface area contributed by atoms with E-state index in [9.17, 15) is 9.90 Å². The van der Waals surface area contributed by atoms with Gasteiger partial charge >= 0.3 is 5.97 Å². The first kappa shape index (κ1) is 15.9. The summed E-state index contributed by atoms with van der Waals surface area (Å²) >= 11 is 9.62. The van der Waals surface area contributed by atoms with E-state index in [0.717, 1.165) is 10.0 Å². The number of carbonyl (C=O) groups is 1. The predicted molar refractivity (Wildman–Crippen MR) is 89.4 cm³/mol. The SMILES string of the molecule is CC(c1ccccc1Cl)N(C)c1cc(Br)ccc1C(=O)O. The topological polar surface area (TPSA) is 40.5 Å². The number of rotatable bonds is 4. The summed E-state index contributed by atoms with van der Waals surface area (Å²) in [5.74, 6) is -0.948. The molecule has 110 valence electrons. The van der Waals surface area contributed by atoms with Gasteiger partial charge in [-0.05, 0) is 36.8 Å². The maximum absolute atomic E-state index is 11.4. The van der Waals surface area contributed by atoms with Crippen LogP contribution in [0.25, 0.3) is 0 Å². The zero-order chi connectivity index (χ0) is 15.6. The Labute approximate surface area is 137 Å². The molecule has 2 aromatic rings. The standard InChI is InChI=1S/C16H15BrClNO2/c1-10(12-5-3-4-6-14(12)18)19(2)15-9-11(17)7-8-13(15)16(20)21/h3-10H,1-2H3,(H,20,21). The van der Waals surface area contributed by atoms with Gasteiger partial charge in [-0.25, -0.2) is 4.79 Å². The third-order valence-corrected chi connectivity index (χ3v) is 4.34. The maximum Gasteiger partial charge on any atom is 0.337 e. The van der Waals surface area contributed by atoms with E-state index in [-0.39, 0.29) is 11.6 Å². The highest BCUT2D eigenvalue weighted by Crippen LogP contribution is 2.33. The van der Waals surface area contributed by atoms with Crippen LogP contribution in [0.4, 0.5) is 5.69 Å². The quantitative estimate of drug-likeness (QED) is 0.825. The lowest BCUT2D eigenvalue weighted by atomic mass is 10.0. The van der Waals surface area contributed by atoms with Gasteiger partial charge in [0, 0.05) is 16.5 Å². The number of benzene rings is 2. The molecular weight excluding hydrogens is 354 g/mol. The van der Waals surface area contributed by atoms with Crippen LogP contribution in [0.1, 0.15) is 28.9 Å². The lowest BCUT2D eigenvalue weighted by molar-refractivity contribution is 0.0697. The van der Waals surface area contributed by atoms with Crippen molar-refractivity contribution in [2.45, 2.75) is 13.0 Å². The van der Waals surface area contributed by atoms with Gasteiger partial charge < -0.3 is 10.0 Å². The minimum atomic E-state index is -0.948. The lowest BCUT2D eigenvalue weighted by Gasteiger charge is -2.29. The minimum absolute atomic E-state index is 0.0499. The van der Waals surface area contributed by atoms with Gasteiger partial charge in [-0.15, -0.1) is 0 Å². The predicted octanol–water partition coefficient (Wildman–Crippen LogP) is 5.00. The third-order valence-electron chi connectivity index (χ3n) is 3.51. The summed E-state index contributed by atoms with van der Waals surface area (Å²) in [4.78, 5) is 13.3. The molecule has 0 amide bonds. The highest BCUT2D eigenvalue weighted by atomic mass is 79.9. The van der Waals surface area contributed by atoms with Crippen LogP contribution < -0.4 is 4.90 Å². The summed E-state index contributed by atoms with van der Waals surface area (Å²) in [6.07, 6.45) is 0. The molecule has 3 nitrogen and oxygen atoms in total. The van der Waals surface area contributed by atoms with Gasteiger partial charge in [0.1, 0.15) is 0 Å². The van der Waals surface area contributed by atoms with Crippen LogP contribution in [0.3, 0.4) is 0 Å². The van der Waals surface area contributed by atoms with Crippen molar-refractivity contribution in [2.75, 3.05) is 11.9 Å². The zero-order valence-electron chi connectivity index (χ0n) is 11.7. The molecule has 2 aromatic carbocycles. The van der Waals surface area contributed by atoms with Gasteiger partial charge in [-0.3, -0.25) is 0 Å². The van der Waals surface area contributed by atoms with E-state index in [1.165, 1.54) is 0 Å². The number of carboxylic acids is 1. The molecule has 1 unspecified atom stereocenters. The average Bonchev–Trinajstić information content (AvgIpc) is 2.45. The van der Waals surface area contributed by atoms with E-state index in [0.29, 0.717) is 10.7 Å². The first-order chi connectivity index (χ1) is 9.91. The highest BCUT2D eigenvalue weighted by molar-refractivity contribution is 9.10. The van der Waals surface area contributed by atoms with Crippen LogP contribution in [0, 0.1) is 0 Å². The van der Waals surface area contributed by atoms with Gasteiger partial charge in [-0.1, -0.05) is 45.7 Å². The molecular formula is C16H15BrClNO2. The third kappa shape index (κ3) is 3.39. The van der Waals surface area contributed by atoms with E-state index in [2.05, 4.69) is 15.9 Å². The van der Waals surface area contributed by atoms with E-state index < -0.39 is 5.97 Å². The zero-order valence-corrected chi connectivity index (χ0v) is 14.0. The van der Waals surface area contributed by atoms with Crippen LogP contribution >= 0.6 is 27.5 Å². The lowest BCUT2D eigenvalue weighted by Crippen LogP contribution is -2.24. The maximum atomic E-state index is 11.4. The van der Waals surface area contributed by atoms with Crippen LogP contribution in [0.15, 0.2) is 46.9 Å². The minimum Gasteiger partial charge on any atom is -0.478 e. The van der Waals surface area contributed by atoms with Crippen LogP contribution in [0.2, 0.25) is 5.02 Å². The van der Waals surface area contributed by atoms with Crippen LogP contribution in [-0.4, -0.2) is 18.1 Å². The van der Waals surface area contributed by atoms with E-state index in [1.807, 2.05) is 43.1 Å². The van der Waals surface area contributed by atoms with Crippen molar-refractivity contribution in [2.24, 2.45) is 0 Å². The highest BCUT2D eigenvalue weighted by Gasteiger charge is 2.20. The Balaban J connectivity index is 2.44. The fourth-order valence-corrected chi connectivity index (χ4v) is 2.85. The number of halogens is 2. The average molecular weight is 369 g/mol. The Kier molecular flexibility index (Phi) is 4.91. The number of anilines is 1. The van der Waals surface area contributed by atoms with Crippen molar-refractivity contribution >= 4 is 39.2 Å². The van der Waals surface area contributed by atoms with Crippen molar-refractivity contribution in [3.05, 3.63) is 63.1 Å². The normalized spacial score (nSPS) is 12.0. The molecule has 21 heavy (non-hydrogen) atoms. The number of nitrogens with zero attached hydrogens (tertiary/aromatic N) is 1. The smallest absolute Gasteiger partial charge is 0.337 e. The van der Waals surface area contributed by atoms with Crippen LogP contribution in [0.5, 0.6) is 0 Å². The Bertz CT molecular complexity index is 675. The monoisotopic (exact) mass is 367 g/mol. The largest absolute Gasteiger partial charge is 0.478 e. The summed E-state index contributed by atoms with van der Waals surface area (Å²) in [5, 5.41) is 10.0. The molecule has 1 N–H and O–H groups in total. The molecule has 0 aliphatic rings. The number of hydrogen-bond donors (Lipinski definition) is 1. The van der Waals surface area contributed by atoms with Gasteiger partial charge in [0.25, 0.3) is 0 Å². The number of aromatic carboxylic acids is 1. The molecule has 0 aliphatic carbocycles. The van der Waals surface area contributed by atoms with Gasteiger partial charge in [-0.2, -0.15) is 0 Å². The summed E-state index contributed by atoms with van der Waals surface area (Å²) in [6, 6.07) is 12.6. The Hall–Kier alpha value is -1.52. The molecule has 2 rings (SSSR count). The van der Waals surface area contributed by atoms with Crippen molar-refractivity contribution < 1.29 is 9.90 Å². The molecule has 0 aromatic heterocycles. The van der Waals surface area contributed by atoms with E-state index >= 15 is 0 Å². The second kappa shape index (κ2) is 6.50. The molecule has 0 fully saturated rings. The molecule has 0 bridgehead atoms. The van der Waals surface area contributed by atoms with Crippen molar-refractivity contribution in [3.8, 4) is 0 Å². The fraction of sp³-hybridized carbons (Fsp3) is 0.188. The summed E-state index contributed by atoms with van der Waals surface area (Å²) in [5.41, 5.74) is 1.86. The first-order valence-corrected chi connectivity index (χ1v) is 7.59. The van der Waals surface area contributed by atoms with Gasteiger partial charge in [0.05, 0.1) is 17.3 Å². The Morgan fingerprint density at radius 2 is 1.95 bits per heavy atom. The molecule has 0 radical (unpaired) electrons. The molecule has 0 saturated carbocycles. The van der Waals surface area contributed by atoms with Crippen molar-refractivity contribution in [3.63, 3.8) is 0 Å². The van der Waals surface area contributed by atoms with Crippen LogP contribution in [-0.2, 0) is 0 Å². The Morgan fingerprint density at radius 3 is 2.57 bits per heavy atom. The molecule has 0 saturated heterocycles. The molecule has 1 atom stereocenters. The number of carboxylic acid groups (broad SMARTS) is 1. The molecule has 0 spiro atoms. The van der Waals surface area contributed by atoms with E-state index in [4.69, 9.17) is 11.6 Å². The Morgan fingerprint density at radius 1 is 1.29 bits per heavy atom. The van der Waals surface area contributed by atoms with Crippen molar-refractivity contribution in [1.29, 1.82) is 0 Å². The fourth-order valence-electron chi connectivity index (χ4n) is 2.21. The molecule has 0 heterocycles. The number of hydrogen-bond acceptors (Lipinski definition) is 2. The van der Waals surface area contributed by atoms with E-state index in [1.54, 1.807) is 18.2 Å². The van der Waals surface area contributed by atoms with Gasteiger partial charge in [0.15, 0.2) is 0 Å². The summed E-state index contributed by atoms with van der Waals surface area (Å²) in [6.45, 7) is 1.99. The van der Waals surface area contributed by atoms with Gasteiger partial charge in [0.2, 0.25) is 0 Å². The molecule has 0 aliphatic heterocycles. The summed E-state index contributed by atoms with van der Waals surface area (Å²) < 4.78 is 0.834. The summed E-state index contributed by atoms with van der Waals surface area (Å²) in [7, 11) is 1.86. The van der Waals surface area contributed by atoms with Crippen molar-refractivity contribution in [1.82, 2.24) is 0 Å². The second-order valence-corrected chi connectivity index (χ2v) is 6.10.